The number of carbonyl (C=O) groups is 1. The first-order valence-corrected chi connectivity index (χ1v) is 15.0. The van der Waals surface area contributed by atoms with Gasteiger partial charge in [-0.2, -0.15) is 0 Å². The van der Waals surface area contributed by atoms with Crippen LogP contribution < -0.4 is 20.9 Å². The lowest BCUT2D eigenvalue weighted by atomic mass is 10.1. The third kappa shape index (κ3) is 7.92. The molecule has 3 rings (SSSR count). The molecule has 2 atom stereocenters. The van der Waals surface area contributed by atoms with Crippen molar-refractivity contribution in [3.05, 3.63) is 53.6 Å². The highest BCUT2D eigenvalue weighted by molar-refractivity contribution is 7.92. The number of hydrogen-bond acceptors (Lipinski definition) is 8. The lowest BCUT2D eigenvalue weighted by molar-refractivity contribution is 0.0707. The summed E-state index contributed by atoms with van der Waals surface area (Å²) in [7, 11) is -2.26. The molecule has 1 fully saturated rings. The molecule has 2 aromatic carbocycles. The van der Waals surface area contributed by atoms with Crippen LogP contribution in [0.4, 0.5) is 5.69 Å². The smallest absolute Gasteiger partial charge is 0.276 e. The van der Waals surface area contributed by atoms with Crippen LogP contribution in [0, 0.1) is 0 Å². The minimum absolute atomic E-state index is 0.184. The quantitative estimate of drug-likeness (QED) is 0.158. The number of anilines is 1. The number of amides is 1. The van der Waals surface area contributed by atoms with Crippen molar-refractivity contribution in [2.45, 2.75) is 75.2 Å². The molecule has 1 aliphatic heterocycles. The average Bonchev–Trinajstić information content (AvgIpc) is 2.93. The number of sulfone groups is 1. The van der Waals surface area contributed by atoms with E-state index in [1.807, 2.05) is 12.1 Å². The number of rotatable bonds is 14. The minimum Gasteiger partial charge on any atom is -0.497 e. The van der Waals surface area contributed by atoms with Crippen molar-refractivity contribution in [2.24, 2.45) is 0 Å². The Balaban J connectivity index is 1.92. The highest BCUT2D eigenvalue weighted by atomic mass is 32.2. The normalized spacial score (nSPS) is 17.1. The van der Waals surface area contributed by atoms with E-state index in [2.05, 4.69) is 29.4 Å². The Labute approximate surface area is 226 Å². The van der Waals surface area contributed by atoms with Gasteiger partial charge in [-0.3, -0.25) is 14.9 Å². The molecule has 210 valence electrons. The largest absolute Gasteiger partial charge is 0.497 e. The van der Waals surface area contributed by atoms with Gasteiger partial charge >= 0.3 is 0 Å². The number of piperazine rings is 1. The van der Waals surface area contributed by atoms with E-state index in [0.29, 0.717) is 30.4 Å². The number of carbonyl (C=O) groups excluding carboxylic acids is 1. The van der Waals surface area contributed by atoms with Crippen molar-refractivity contribution in [1.29, 1.82) is 0 Å². The average molecular weight is 547 g/mol. The summed E-state index contributed by atoms with van der Waals surface area (Å²) in [6, 6.07) is 12.0. The summed E-state index contributed by atoms with van der Waals surface area (Å²) in [6.07, 6.45) is 5.29. The van der Waals surface area contributed by atoms with Gasteiger partial charge in [-0.1, -0.05) is 45.1 Å². The van der Waals surface area contributed by atoms with Gasteiger partial charge in [0.05, 0.1) is 17.6 Å². The highest BCUT2D eigenvalue weighted by Gasteiger charge is 2.29. The minimum atomic E-state index is -3.79. The molecule has 0 aliphatic carbocycles. The molecule has 1 amide bonds. The maximum absolute atomic E-state index is 13.8. The predicted octanol–water partition coefficient (Wildman–Crippen LogP) is 4.18. The SMILES string of the molecule is CCCCCCCC(Nc1cc(CN2CCNCC2C)ccc1C(=O)NO)S(=O)(=O)c1ccc(OC)cc1. The molecule has 4 N–H and O–H groups in total. The van der Waals surface area contributed by atoms with Crippen LogP contribution in [0.2, 0.25) is 0 Å². The first-order valence-electron chi connectivity index (χ1n) is 13.5. The molecule has 0 spiro atoms. The zero-order valence-corrected chi connectivity index (χ0v) is 23.5. The first-order chi connectivity index (χ1) is 18.3. The second kappa shape index (κ2) is 14.5. The number of hydrogen-bond donors (Lipinski definition) is 4. The summed E-state index contributed by atoms with van der Waals surface area (Å²) in [5.74, 6) is -0.122. The molecule has 0 radical (unpaired) electrons. The van der Waals surface area contributed by atoms with Gasteiger partial charge in [0.15, 0.2) is 9.84 Å². The summed E-state index contributed by atoms with van der Waals surface area (Å²) >= 11 is 0. The van der Waals surface area contributed by atoms with E-state index in [-0.39, 0.29) is 10.5 Å². The third-order valence-electron chi connectivity index (χ3n) is 7.10. The lowest BCUT2D eigenvalue weighted by Crippen LogP contribution is -2.49. The van der Waals surface area contributed by atoms with E-state index >= 15 is 0 Å². The molecule has 0 aromatic heterocycles. The Hall–Kier alpha value is -2.66. The Morgan fingerprint density at radius 1 is 1.16 bits per heavy atom. The number of nitrogens with one attached hydrogen (secondary N) is 3. The molecule has 1 heterocycles. The number of unbranched alkanes of at least 4 members (excludes halogenated alkanes) is 4. The molecule has 0 saturated carbocycles. The summed E-state index contributed by atoms with van der Waals surface area (Å²) in [5.41, 5.74) is 3.22. The maximum atomic E-state index is 13.8. The van der Waals surface area contributed by atoms with Crippen LogP contribution in [0.1, 0.15) is 68.3 Å². The molecular weight excluding hydrogens is 504 g/mol. The highest BCUT2D eigenvalue weighted by Crippen LogP contribution is 2.28. The second-order valence-corrected chi connectivity index (χ2v) is 12.0. The van der Waals surface area contributed by atoms with E-state index in [9.17, 15) is 18.4 Å². The van der Waals surface area contributed by atoms with E-state index < -0.39 is 21.1 Å². The van der Waals surface area contributed by atoms with E-state index in [1.54, 1.807) is 35.8 Å². The summed E-state index contributed by atoms with van der Waals surface area (Å²) < 4.78 is 32.8. The third-order valence-corrected chi connectivity index (χ3v) is 9.14. The van der Waals surface area contributed by atoms with Gasteiger partial charge in [0.1, 0.15) is 11.1 Å². The van der Waals surface area contributed by atoms with E-state index in [0.717, 1.165) is 57.3 Å². The standard InChI is InChI=1S/C28H42N4O5S/c1-4-5-6-7-8-9-27(38(35,36)24-13-11-23(37-3)12-14-24)30-26-18-22(10-15-25(26)28(33)31-34)20-32-17-16-29-19-21(32)2/h10-15,18,21,27,29-30,34H,4-9,16-17,19-20H2,1-3H3,(H,31,33). The molecule has 9 nitrogen and oxygen atoms in total. The van der Waals surface area contributed by atoms with Crippen LogP contribution in [-0.2, 0) is 16.4 Å². The Morgan fingerprint density at radius 3 is 2.55 bits per heavy atom. The van der Waals surface area contributed by atoms with Gasteiger partial charge in [0, 0.05) is 37.9 Å². The molecule has 2 unspecified atom stereocenters. The fourth-order valence-electron chi connectivity index (χ4n) is 4.76. The summed E-state index contributed by atoms with van der Waals surface area (Å²) in [4.78, 5) is 15.0. The summed E-state index contributed by atoms with van der Waals surface area (Å²) in [6.45, 7) is 7.67. The van der Waals surface area contributed by atoms with Crippen LogP contribution in [0.25, 0.3) is 0 Å². The van der Waals surface area contributed by atoms with Crippen LogP contribution in [-0.4, -0.2) is 62.6 Å². The zero-order chi connectivity index (χ0) is 27.5. The van der Waals surface area contributed by atoms with Crippen LogP contribution in [0.3, 0.4) is 0 Å². The van der Waals surface area contributed by atoms with Crippen molar-refractivity contribution < 1.29 is 23.2 Å². The van der Waals surface area contributed by atoms with Crippen molar-refractivity contribution >= 4 is 21.4 Å². The van der Waals surface area contributed by atoms with Crippen LogP contribution >= 0.6 is 0 Å². The Bertz CT molecular complexity index is 1140. The van der Waals surface area contributed by atoms with E-state index in [4.69, 9.17) is 4.74 Å². The molecule has 38 heavy (non-hydrogen) atoms. The summed E-state index contributed by atoms with van der Waals surface area (Å²) in [5, 5.41) is 15.0. The molecular formula is C28H42N4O5S. The molecule has 2 aromatic rings. The molecule has 1 aliphatic rings. The topological polar surface area (TPSA) is 120 Å². The monoisotopic (exact) mass is 546 g/mol. The fourth-order valence-corrected chi connectivity index (χ4v) is 6.36. The van der Waals surface area contributed by atoms with Crippen LogP contribution in [0.15, 0.2) is 47.4 Å². The van der Waals surface area contributed by atoms with Crippen LogP contribution in [0.5, 0.6) is 5.75 Å². The number of nitrogens with zero attached hydrogens (tertiary/aromatic N) is 1. The van der Waals surface area contributed by atoms with Crippen molar-refractivity contribution in [3.8, 4) is 5.75 Å². The number of hydroxylamine groups is 1. The van der Waals surface area contributed by atoms with Gasteiger partial charge in [-0.05, 0) is 55.3 Å². The maximum Gasteiger partial charge on any atom is 0.276 e. The van der Waals surface area contributed by atoms with Gasteiger partial charge in [-0.15, -0.1) is 0 Å². The second-order valence-electron chi connectivity index (χ2n) is 9.90. The Kier molecular flexibility index (Phi) is 11.4. The van der Waals surface area contributed by atoms with Crippen molar-refractivity contribution in [1.82, 2.24) is 15.7 Å². The first kappa shape index (κ1) is 29.9. The number of benzene rings is 2. The lowest BCUT2D eigenvalue weighted by Gasteiger charge is -2.34. The van der Waals surface area contributed by atoms with Gasteiger partial charge in [0.25, 0.3) is 5.91 Å². The molecule has 1 saturated heterocycles. The molecule has 10 heteroatoms. The van der Waals surface area contributed by atoms with Crippen molar-refractivity contribution in [3.63, 3.8) is 0 Å². The number of methoxy groups -OCH3 is 1. The van der Waals surface area contributed by atoms with Crippen molar-refractivity contribution in [2.75, 3.05) is 32.1 Å². The number of ether oxygens (including phenoxy) is 1. The predicted molar refractivity (Wildman–Crippen MR) is 149 cm³/mol. The Morgan fingerprint density at radius 2 is 1.89 bits per heavy atom. The van der Waals surface area contributed by atoms with Gasteiger partial charge in [-0.25, -0.2) is 13.9 Å². The fraction of sp³-hybridized carbons (Fsp3) is 0.536. The zero-order valence-electron chi connectivity index (χ0n) is 22.7. The van der Waals surface area contributed by atoms with Gasteiger partial charge < -0.3 is 15.4 Å². The van der Waals surface area contributed by atoms with Gasteiger partial charge in [0.2, 0.25) is 0 Å². The van der Waals surface area contributed by atoms with E-state index in [1.165, 1.54) is 7.11 Å². The molecule has 0 bridgehead atoms.